The highest BCUT2D eigenvalue weighted by molar-refractivity contribution is 6.91. The Kier molecular flexibility index (Phi) is 16.1. The largest absolute Gasteiger partial charge is 0.488 e. The third-order valence-electron chi connectivity index (χ3n) is 10.4. The van der Waals surface area contributed by atoms with Crippen LogP contribution in [0.5, 0.6) is 23.0 Å². The van der Waals surface area contributed by atoms with E-state index in [4.69, 9.17) is 23.1 Å². The van der Waals surface area contributed by atoms with Crippen LogP contribution in [0.2, 0.25) is 0 Å². The van der Waals surface area contributed by atoms with E-state index < -0.39 is 18.1 Å². The third kappa shape index (κ3) is 18.5. The minimum Gasteiger partial charge on any atom is -0.488 e. The van der Waals surface area contributed by atoms with Gasteiger partial charge in [0.25, 0.3) is 0 Å². The van der Waals surface area contributed by atoms with Crippen LogP contribution in [0, 0.1) is 21.7 Å². The molecule has 0 atom stereocenters. The summed E-state index contributed by atoms with van der Waals surface area (Å²) in [6, 6.07) is 34.8. The molecule has 0 spiro atoms. The van der Waals surface area contributed by atoms with Crippen LogP contribution in [0.3, 0.4) is 0 Å². The lowest BCUT2D eigenvalue weighted by Gasteiger charge is -2.33. The van der Waals surface area contributed by atoms with Crippen molar-refractivity contribution >= 4 is 38.8 Å². The molecule has 0 saturated carbocycles. The summed E-state index contributed by atoms with van der Waals surface area (Å²) >= 11 is 0. The maximum absolute atomic E-state index is 7.74. The maximum Gasteiger partial charge on any atom is 0.228 e. The van der Waals surface area contributed by atoms with Crippen molar-refractivity contribution in [2.75, 3.05) is 0 Å². The van der Waals surface area contributed by atoms with Crippen LogP contribution < -0.4 is 39.7 Å². The van der Waals surface area contributed by atoms with Gasteiger partial charge in [-0.2, -0.15) is 0 Å². The topological polar surface area (TPSA) is 46.2 Å². The minimum atomic E-state index is -2.32. The summed E-state index contributed by atoms with van der Waals surface area (Å²) in [5, 5.41) is 4.79. The van der Waals surface area contributed by atoms with E-state index in [1.807, 2.05) is 0 Å². The molecule has 0 unspecified atom stereocenters. The van der Waals surface area contributed by atoms with Crippen molar-refractivity contribution in [3.05, 3.63) is 97.1 Å². The van der Waals surface area contributed by atoms with Crippen molar-refractivity contribution in [3.63, 3.8) is 0 Å². The Morgan fingerprint density at radius 1 is 0.270 bits per heavy atom. The lowest BCUT2D eigenvalue weighted by molar-refractivity contribution is 0.0615. The lowest BCUT2D eigenvalue weighted by Crippen LogP contribution is -2.56. The highest BCUT2D eigenvalue weighted by atomic mass is 28.4. The molecule has 0 radical (unpaired) electrons. The van der Waals surface area contributed by atoms with Crippen LogP contribution in [-0.4, -0.2) is 40.5 Å². The van der Waals surface area contributed by atoms with E-state index in [9.17, 15) is 0 Å². The van der Waals surface area contributed by atoms with Gasteiger partial charge in [0.1, 0.15) is 45.4 Å². The first-order valence-electron chi connectivity index (χ1n) is 23.4. The molecule has 0 aliphatic heterocycles. The molecular formula is C56H86O5Si2. The minimum absolute atomic E-state index is 0.146. The summed E-state index contributed by atoms with van der Waals surface area (Å²) in [5.41, 5.74) is -0.651. The van der Waals surface area contributed by atoms with Gasteiger partial charge in [-0.05, 0) is 172 Å². The van der Waals surface area contributed by atoms with Gasteiger partial charge in [-0.1, -0.05) is 132 Å². The molecule has 0 N–H and O–H groups in total. The molecule has 0 bridgehead atoms. The zero-order valence-corrected chi connectivity index (χ0v) is 45.6. The highest BCUT2D eigenvalue weighted by Crippen LogP contribution is 2.34. The fraction of sp³-hybridized carbons (Fsp3) is 0.571. The van der Waals surface area contributed by atoms with Gasteiger partial charge in [-0.25, -0.2) is 0 Å². The molecule has 4 aromatic rings. The van der Waals surface area contributed by atoms with E-state index in [-0.39, 0.29) is 44.1 Å². The van der Waals surface area contributed by atoms with E-state index in [2.05, 4.69) is 236 Å². The lowest BCUT2D eigenvalue weighted by atomic mass is 9.83. The monoisotopic (exact) mass is 895 g/mol. The molecule has 5 nitrogen and oxygen atoms in total. The Morgan fingerprint density at radius 2 is 0.429 bits per heavy atom. The van der Waals surface area contributed by atoms with Crippen LogP contribution >= 0.6 is 0 Å². The molecule has 0 aliphatic rings. The second-order valence-electron chi connectivity index (χ2n) is 25.6. The average Bonchev–Trinajstić information content (AvgIpc) is 3.06. The second-order valence-corrected chi connectivity index (χ2v) is 30.8. The molecule has 4 aromatic carbocycles. The van der Waals surface area contributed by atoms with E-state index in [0.717, 1.165) is 48.7 Å². The van der Waals surface area contributed by atoms with Crippen molar-refractivity contribution in [3.8, 4) is 23.0 Å². The summed E-state index contributed by atoms with van der Waals surface area (Å²) in [5.74, 6) is 3.48. The predicted molar refractivity (Wildman–Crippen MR) is 275 cm³/mol. The normalized spacial score (nSPS) is 13.7. The van der Waals surface area contributed by atoms with E-state index in [1.165, 1.54) is 20.7 Å². The van der Waals surface area contributed by atoms with Crippen LogP contribution in [-0.2, 0) is 4.12 Å². The first-order valence-corrected chi connectivity index (χ1v) is 26.6. The molecule has 63 heavy (non-hydrogen) atoms. The highest BCUT2D eigenvalue weighted by Gasteiger charge is 2.33. The fourth-order valence-corrected chi connectivity index (χ4v) is 16.7. The van der Waals surface area contributed by atoms with Crippen LogP contribution in [0.25, 0.3) is 0 Å². The zero-order chi connectivity index (χ0) is 47.5. The molecule has 0 heterocycles. The third-order valence-corrected chi connectivity index (χ3v) is 16.5. The molecular weight excluding hydrogens is 809 g/mol. The van der Waals surface area contributed by atoms with Crippen molar-refractivity contribution < 1.29 is 23.1 Å². The van der Waals surface area contributed by atoms with Gasteiger partial charge in [-0.3, -0.25) is 0 Å². The number of ether oxygens (including phenoxy) is 4. The van der Waals surface area contributed by atoms with Gasteiger partial charge in [0.15, 0.2) is 0 Å². The fourth-order valence-electron chi connectivity index (χ4n) is 10.2. The Hall–Kier alpha value is -3.53. The molecule has 0 fully saturated rings. The Morgan fingerprint density at radius 3 is 0.571 bits per heavy atom. The molecule has 4 rings (SSSR count). The summed E-state index contributed by atoms with van der Waals surface area (Å²) in [6.07, 6.45) is 3.75. The van der Waals surface area contributed by atoms with Gasteiger partial charge in [0.2, 0.25) is 18.1 Å². The first kappa shape index (κ1) is 52.1. The maximum atomic E-state index is 7.74. The van der Waals surface area contributed by atoms with Gasteiger partial charge in [0, 0.05) is 0 Å². The molecule has 7 heteroatoms. The SMILES string of the molecule is CC(C)(C)CC(C)(C)Oc1ccc([SiH](O[SiH](c2ccc(OC(C)(C)CC(C)(C)C)cc2)c2ccc(OC(C)(C)CC(C)(C)C)cc2)c2ccc(OC(C)(C)CC(C)(C)C)cc2)cc1. The van der Waals surface area contributed by atoms with Crippen molar-refractivity contribution in [1.82, 2.24) is 0 Å². The number of benzene rings is 4. The zero-order valence-electron chi connectivity index (χ0n) is 43.3. The van der Waals surface area contributed by atoms with Crippen LogP contribution in [0.4, 0.5) is 0 Å². The van der Waals surface area contributed by atoms with Crippen molar-refractivity contribution in [2.45, 2.75) is 187 Å². The molecule has 0 saturated heterocycles. The second kappa shape index (κ2) is 19.5. The molecule has 0 aliphatic carbocycles. The van der Waals surface area contributed by atoms with Crippen LogP contribution in [0.15, 0.2) is 97.1 Å². The molecule has 0 aromatic heterocycles. The average molecular weight is 895 g/mol. The first-order chi connectivity index (χ1) is 28.6. The molecule has 0 amide bonds. The van der Waals surface area contributed by atoms with Gasteiger partial charge in [-0.15, -0.1) is 0 Å². The summed E-state index contributed by atoms with van der Waals surface area (Å²) in [6.45, 7) is 44.6. The quantitative estimate of drug-likeness (QED) is 0.0931. The summed E-state index contributed by atoms with van der Waals surface area (Å²) < 4.78 is 34.2. The van der Waals surface area contributed by atoms with Crippen molar-refractivity contribution in [1.29, 1.82) is 0 Å². The Bertz CT molecular complexity index is 1720. The Balaban J connectivity index is 1.79. The molecule has 348 valence electrons. The van der Waals surface area contributed by atoms with Gasteiger partial charge >= 0.3 is 0 Å². The van der Waals surface area contributed by atoms with Gasteiger partial charge < -0.3 is 23.1 Å². The standard InChI is InChI=1S/C56H86O5Si2/c1-49(2,3)37-53(13,14)57-41-21-29-45(30-22-41)62(46-31-23-42(24-32-46)58-54(15,16)38-50(4,5)6)61-63(47-33-25-43(26-34-47)59-55(17,18)39-51(7,8)9)48-35-27-44(28-36-48)60-56(19,20)40-52(10,11)12/h21-36,62-63H,37-40H2,1-20H3. The van der Waals surface area contributed by atoms with Gasteiger partial charge in [0.05, 0.1) is 0 Å². The summed E-state index contributed by atoms with van der Waals surface area (Å²) in [7, 11) is -4.64. The smallest absolute Gasteiger partial charge is 0.228 e. The number of hydrogen-bond donors (Lipinski definition) is 0. The van der Waals surface area contributed by atoms with Crippen molar-refractivity contribution in [2.24, 2.45) is 21.7 Å². The predicted octanol–water partition coefficient (Wildman–Crippen LogP) is 12.5. The van der Waals surface area contributed by atoms with E-state index in [1.54, 1.807) is 0 Å². The number of rotatable bonds is 18. The summed E-state index contributed by atoms with van der Waals surface area (Å²) in [4.78, 5) is 0. The Labute approximate surface area is 388 Å². The van der Waals surface area contributed by atoms with E-state index >= 15 is 0 Å². The van der Waals surface area contributed by atoms with Crippen LogP contribution in [0.1, 0.15) is 164 Å². The number of hydrogen-bond acceptors (Lipinski definition) is 5. The van der Waals surface area contributed by atoms with E-state index in [0.29, 0.717) is 0 Å².